The maximum Gasteiger partial charge on any atom is 0.360 e. The van der Waals surface area contributed by atoms with Crippen LogP contribution in [-0.4, -0.2) is 0 Å². The topological polar surface area (TPSA) is 11.3 Å². The van der Waals surface area contributed by atoms with E-state index in [1.165, 1.54) is 85.3 Å². The minimum Gasteiger partial charge on any atom is -0.212 e. The van der Waals surface area contributed by atoms with Crippen LogP contribution in [0.2, 0.25) is 0 Å². The molecule has 0 saturated heterocycles. The molecule has 1 nitrogen and oxygen atoms in total. The van der Waals surface area contributed by atoms with Gasteiger partial charge in [0.05, 0.1) is 17.4 Å². The van der Waals surface area contributed by atoms with Crippen LogP contribution in [0.25, 0.3) is 21.7 Å². The highest BCUT2D eigenvalue weighted by molar-refractivity contribution is 6.05. The van der Waals surface area contributed by atoms with E-state index in [0.717, 1.165) is 17.9 Å². The molecule has 0 aliphatic heterocycles. The Hall–Kier alpha value is -1.89. The molecule has 0 amide bonds. The molecular formula is C25H31O+. The summed E-state index contributed by atoms with van der Waals surface area (Å²) in [5.41, 5.74) is 2.48. The number of hydrogen-bond donors (Lipinski definition) is 0. The van der Waals surface area contributed by atoms with Crippen LogP contribution < -0.4 is 0 Å². The van der Waals surface area contributed by atoms with E-state index in [9.17, 15) is 0 Å². The van der Waals surface area contributed by atoms with Gasteiger partial charge in [0, 0.05) is 6.07 Å². The van der Waals surface area contributed by atoms with E-state index in [2.05, 4.69) is 49.4 Å². The summed E-state index contributed by atoms with van der Waals surface area (Å²) in [5, 5.41) is 3.88. The molecule has 2 aromatic carbocycles. The normalized spacial score (nSPS) is 16.9. The number of unbranched alkanes of at least 4 members (excludes halogenated alkanes) is 5. The van der Waals surface area contributed by atoms with Crippen molar-refractivity contribution < 1.29 is 4.42 Å². The van der Waals surface area contributed by atoms with Crippen molar-refractivity contribution >= 4 is 21.7 Å². The van der Waals surface area contributed by atoms with Crippen LogP contribution in [0.3, 0.4) is 0 Å². The fourth-order valence-corrected chi connectivity index (χ4v) is 4.53. The first-order valence-corrected chi connectivity index (χ1v) is 10.6. The smallest absolute Gasteiger partial charge is 0.212 e. The van der Waals surface area contributed by atoms with Crippen molar-refractivity contribution in [2.75, 3.05) is 0 Å². The molecule has 0 N–H and O–H groups in total. The van der Waals surface area contributed by atoms with Crippen molar-refractivity contribution in [1.82, 2.24) is 0 Å². The van der Waals surface area contributed by atoms with E-state index in [-0.39, 0.29) is 0 Å². The Morgan fingerprint density at radius 1 is 0.923 bits per heavy atom. The molecule has 0 spiro atoms. The number of rotatable bonds is 7. The standard InChI is InChI=1S/C25H31O/c1-2-3-4-5-6-7-10-19-13-14-21-18-23-22-12-9-8-11-20(22)15-16-24(23)26-25(21)17-19/h8-9,11-12,15-16,18-19H,2-7,10,13-14,17H2,1H3/q+1. The van der Waals surface area contributed by atoms with Gasteiger partial charge in [-0.25, -0.2) is 4.42 Å². The number of aryl methyl sites for hydroxylation is 1. The molecule has 1 heteroatoms. The maximum absolute atomic E-state index is 6.38. The zero-order valence-corrected chi connectivity index (χ0v) is 16.1. The molecule has 1 heterocycles. The molecule has 26 heavy (non-hydrogen) atoms. The molecule has 1 aliphatic rings. The minimum absolute atomic E-state index is 0.815. The summed E-state index contributed by atoms with van der Waals surface area (Å²) < 4.78 is 6.38. The van der Waals surface area contributed by atoms with Crippen molar-refractivity contribution in [3.8, 4) is 0 Å². The highest BCUT2D eigenvalue weighted by atomic mass is 16.3. The van der Waals surface area contributed by atoms with Gasteiger partial charge < -0.3 is 0 Å². The lowest BCUT2D eigenvalue weighted by Gasteiger charge is -2.19. The second-order valence-corrected chi connectivity index (χ2v) is 8.06. The Bertz CT molecular complexity index is 880. The second kappa shape index (κ2) is 8.20. The van der Waals surface area contributed by atoms with Gasteiger partial charge in [0.25, 0.3) is 0 Å². The number of hydrogen-bond acceptors (Lipinski definition) is 0. The Kier molecular flexibility index (Phi) is 5.53. The Labute approximate surface area is 157 Å². The van der Waals surface area contributed by atoms with E-state index >= 15 is 0 Å². The number of benzene rings is 2. The molecule has 0 radical (unpaired) electrons. The van der Waals surface area contributed by atoms with Crippen LogP contribution in [0.4, 0.5) is 0 Å². The zero-order valence-electron chi connectivity index (χ0n) is 16.1. The third kappa shape index (κ3) is 3.77. The van der Waals surface area contributed by atoms with Crippen LogP contribution in [-0.2, 0) is 12.8 Å². The van der Waals surface area contributed by atoms with E-state index in [1.54, 1.807) is 0 Å². The summed E-state index contributed by atoms with van der Waals surface area (Å²) in [6.07, 6.45) is 13.4. The highest BCUT2D eigenvalue weighted by Gasteiger charge is 2.28. The Morgan fingerprint density at radius 3 is 2.69 bits per heavy atom. The second-order valence-electron chi connectivity index (χ2n) is 8.06. The summed E-state index contributed by atoms with van der Waals surface area (Å²) >= 11 is 0. The summed E-state index contributed by atoms with van der Waals surface area (Å²) in [6, 6.07) is 15.4. The van der Waals surface area contributed by atoms with E-state index in [0.29, 0.717) is 0 Å². The van der Waals surface area contributed by atoms with Crippen LogP contribution in [0, 0.1) is 5.92 Å². The molecule has 0 bridgehead atoms. The van der Waals surface area contributed by atoms with Gasteiger partial charge in [0.1, 0.15) is 0 Å². The van der Waals surface area contributed by atoms with Gasteiger partial charge in [-0.05, 0) is 48.1 Å². The molecule has 4 rings (SSSR count). The molecule has 3 aromatic rings. The zero-order chi connectivity index (χ0) is 17.8. The summed E-state index contributed by atoms with van der Waals surface area (Å²) in [5.74, 6) is 2.06. The fraction of sp³-hybridized carbons (Fsp3) is 0.480. The van der Waals surface area contributed by atoms with Crippen molar-refractivity contribution in [2.45, 2.75) is 71.1 Å². The SMILES string of the molecule is CCCCCCCCC1CCc2cc3c(ccc4ccccc43)[o+]c2C1. The third-order valence-electron chi connectivity index (χ3n) is 6.10. The number of fused-ring (bicyclic) bond motifs is 4. The predicted molar refractivity (Wildman–Crippen MR) is 112 cm³/mol. The molecule has 0 saturated carbocycles. The first-order valence-electron chi connectivity index (χ1n) is 10.6. The molecule has 1 aromatic heterocycles. The van der Waals surface area contributed by atoms with Crippen LogP contribution in [0.15, 0.2) is 46.9 Å². The lowest BCUT2D eigenvalue weighted by atomic mass is 9.84. The predicted octanol–water partition coefficient (Wildman–Crippen LogP) is 7.72. The lowest BCUT2D eigenvalue weighted by Crippen LogP contribution is -2.14. The molecule has 136 valence electrons. The van der Waals surface area contributed by atoms with Gasteiger partial charge in [-0.15, -0.1) is 0 Å². The van der Waals surface area contributed by atoms with E-state index < -0.39 is 0 Å². The van der Waals surface area contributed by atoms with Crippen molar-refractivity contribution in [3.05, 3.63) is 53.8 Å². The van der Waals surface area contributed by atoms with Crippen LogP contribution >= 0.6 is 0 Å². The van der Waals surface area contributed by atoms with Crippen molar-refractivity contribution in [2.24, 2.45) is 5.92 Å². The van der Waals surface area contributed by atoms with Gasteiger partial charge >= 0.3 is 11.3 Å². The van der Waals surface area contributed by atoms with Gasteiger partial charge in [-0.3, -0.25) is 0 Å². The molecule has 1 unspecified atom stereocenters. The molecular weight excluding hydrogens is 316 g/mol. The van der Waals surface area contributed by atoms with Gasteiger partial charge in [0.15, 0.2) is 0 Å². The third-order valence-corrected chi connectivity index (χ3v) is 6.10. The Balaban J connectivity index is 1.46. The average Bonchev–Trinajstić information content (AvgIpc) is 2.69. The quantitative estimate of drug-likeness (QED) is 0.242. The van der Waals surface area contributed by atoms with E-state index in [4.69, 9.17) is 4.42 Å². The molecule has 1 aliphatic carbocycles. The van der Waals surface area contributed by atoms with Gasteiger partial charge in [0.2, 0.25) is 0 Å². The largest absolute Gasteiger partial charge is 0.360 e. The van der Waals surface area contributed by atoms with Crippen LogP contribution in [0.5, 0.6) is 0 Å². The minimum atomic E-state index is 0.815. The van der Waals surface area contributed by atoms with Crippen LogP contribution in [0.1, 0.15) is 69.6 Å². The maximum atomic E-state index is 6.38. The fourth-order valence-electron chi connectivity index (χ4n) is 4.53. The lowest BCUT2D eigenvalue weighted by molar-refractivity contribution is 0.360. The average molecular weight is 348 g/mol. The van der Waals surface area contributed by atoms with Gasteiger partial charge in [-0.1, -0.05) is 69.7 Å². The van der Waals surface area contributed by atoms with E-state index in [1.807, 2.05) is 0 Å². The summed E-state index contributed by atoms with van der Waals surface area (Å²) in [6.45, 7) is 2.29. The van der Waals surface area contributed by atoms with Crippen molar-refractivity contribution in [3.63, 3.8) is 0 Å². The molecule has 1 atom stereocenters. The van der Waals surface area contributed by atoms with Crippen molar-refractivity contribution in [1.29, 1.82) is 0 Å². The van der Waals surface area contributed by atoms with Gasteiger partial charge in [-0.2, -0.15) is 0 Å². The monoisotopic (exact) mass is 347 g/mol. The summed E-state index contributed by atoms with van der Waals surface area (Å²) in [7, 11) is 0. The Morgan fingerprint density at radius 2 is 1.77 bits per heavy atom. The molecule has 0 fully saturated rings. The first-order chi connectivity index (χ1) is 12.8. The summed E-state index contributed by atoms with van der Waals surface area (Å²) in [4.78, 5) is 0. The highest BCUT2D eigenvalue weighted by Crippen LogP contribution is 2.34. The first kappa shape index (κ1) is 17.5.